The van der Waals surface area contributed by atoms with E-state index in [0.29, 0.717) is 0 Å². The Balaban J connectivity index is 0. The highest BCUT2D eigenvalue weighted by atomic mass is 16.6. The summed E-state index contributed by atoms with van der Waals surface area (Å²) in [5, 5.41) is 10.6. The van der Waals surface area contributed by atoms with Gasteiger partial charge in [-0.25, -0.2) is 4.79 Å². The third kappa shape index (κ3) is 7.35. The maximum Gasteiger partial charge on any atom is 0.408 e. The lowest BCUT2D eigenvalue weighted by Crippen LogP contribution is -2.41. The van der Waals surface area contributed by atoms with E-state index in [-0.39, 0.29) is 5.48 Å². The van der Waals surface area contributed by atoms with Gasteiger partial charge in [0.1, 0.15) is 11.6 Å². The fourth-order valence-corrected chi connectivity index (χ4v) is 0.546. The summed E-state index contributed by atoms with van der Waals surface area (Å²) in [6.45, 7) is 6.49. The molecule has 0 heterocycles. The molecule has 0 aromatic heterocycles. The predicted molar refractivity (Wildman–Crippen MR) is 50.1 cm³/mol. The van der Waals surface area contributed by atoms with Crippen LogP contribution in [0.4, 0.5) is 4.79 Å². The van der Waals surface area contributed by atoms with Crippen molar-refractivity contribution in [3.8, 4) is 0 Å². The Kier molecular flexibility index (Phi) is 5.89. The van der Waals surface area contributed by atoms with E-state index in [1.165, 1.54) is 6.92 Å². The minimum absolute atomic E-state index is 0. The number of nitrogens with one attached hydrogen (secondary N) is 1. The van der Waals surface area contributed by atoms with Gasteiger partial charge >= 0.3 is 12.1 Å². The molecule has 0 saturated carbocycles. The Bertz CT molecular complexity index is 208. The molecule has 0 saturated heterocycles. The molecule has 4 N–H and O–H groups in total. The molecule has 14 heavy (non-hydrogen) atoms. The fourth-order valence-electron chi connectivity index (χ4n) is 0.546. The molecule has 0 aliphatic heterocycles. The van der Waals surface area contributed by atoms with Crippen LogP contribution in [0.2, 0.25) is 0 Å². The van der Waals surface area contributed by atoms with Gasteiger partial charge in [-0.2, -0.15) is 0 Å². The number of amides is 1. The number of ether oxygens (including phenoxy) is 1. The Labute approximate surface area is 82.6 Å². The van der Waals surface area contributed by atoms with Gasteiger partial charge < -0.3 is 20.6 Å². The molecule has 0 unspecified atom stereocenters. The zero-order valence-electron chi connectivity index (χ0n) is 8.75. The molecule has 0 bridgehead atoms. The van der Waals surface area contributed by atoms with Crippen molar-refractivity contribution in [2.24, 2.45) is 0 Å². The molecular weight excluding hydrogens is 190 g/mol. The molecule has 0 rings (SSSR count). The topological polar surface area (TPSA) is 107 Å². The fraction of sp³-hybridized carbons (Fsp3) is 0.750. The monoisotopic (exact) mass is 207 g/mol. The number of rotatable bonds is 2. The van der Waals surface area contributed by atoms with Gasteiger partial charge in [-0.3, -0.25) is 4.79 Å². The number of hydrogen-bond donors (Lipinski definition) is 2. The highest BCUT2D eigenvalue weighted by molar-refractivity contribution is 5.79. The Morgan fingerprint density at radius 2 is 1.79 bits per heavy atom. The molecule has 0 aliphatic carbocycles. The van der Waals surface area contributed by atoms with Crippen LogP contribution in [0, 0.1) is 0 Å². The molecule has 84 valence electrons. The molecule has 0 aliphatic rings. The van der Waals surface area contributed by atoms with Crippen LogP contribution in [-0.2, 0) is 9.53 Å². The van der Waals surface area contributed by atoms with Crippen molar-refractivity contribution in [3.05, 3.63) is 0 Å². The second-order valence-electron chi connectivity index (χ2n) is 3.71. The van der Waals surface area contributed by atoms with Crippen LogP contribution in [0.15, 0.2) is 0 Å². The highest BCUT2D eigenvalue weighted by Gasteiger charge is 2.20. The summed E-state index contributed by atoms with van der Waals surface area (Å²) in [5.41, 5.74) is -0.609. The zero-order valence-corrected chi connectivity index (χ0v) is 8.75. The lowest BCUT2D eigenvalue weighted by molar-refractivity contribution is -0.139. The highest BCUT2D eigenvalue weighted by Crippen LogP contribution is 2.06. The van der Waals surface area contributed by atoms with Crippen LogP contribution in [0.3, 0.4) is 0 Å². The zero-order chi connectivity index (χ0) is 10.6. The maximum absolute atomic E-state index is 11.0. The number of alkyl carbamates (subject to hydrolysis) is 1. The number of carbonyl (C=O) groups is 2. The molecule has 1 amide bonds. The van der Waals surface area contributed by atoms with E-state index in [2.05, 4.69) is 5.32 Å². The van der Waals surface area contributed by atoms with Crippen molar-refractivity contribution in [2.45, 2.75) is 39.3 Å². The van der Waals surface area contributed by atoms with Gasteiger partial charge in [0.05, 0.1) is 0 Å². The summed E-state index contributed by atoms with van der Waals surface area (Å²) >= 11 is 0. The number of carboxylic acid groups (broad SMARTS) is 1. The van der Waals surface area contributed by atoms with Crippen molar-refractivity contribution in [1.29, 1.82) is 0 Å². The summed E-state index contributed by atoms with van der Waals surface area (Å²) in [7, 11) is 0. The number of aliphatic carboxylic acids is 1. The number of carbonyl (C=O) groups excluding carboxylic acids is 1. The van der Waals surface area contributed by atoms with Crippen molar-refractivity contribution in [1.82, 2.24) is 5.32 Å². The first-order chi connectivity index (χ1) is 5.72. The molecule has 0 radical (unpaired) electrons. The quantitative estimate of drug-likeness (QED) is 0.672. The Morgan fingerprint density at radius 1 is 1.36 bits per heavy atom. The van der Waals surface area contributed by atoms with Gasteiger partial charge in [0.2, 0.25) is 0 Å². The van der Waals surface area contributed by atoms with E-state index in [0.717, 1.165) is 0 Å². The third-order valence-corrected chi connectivity index (χ3v) is 1.10. The van der Waals surface area contributed by atoms with E-state index < -0.39 is 23.7 Å². The second kappa shape index (κ2) is 5.43. The average Bonchev–Trinajstić information content (AvgIpc) is 1.81. The SMILES string of the molecule is C[C@@H](NC(=O)OC(C)(C)C)C(=O)O.O. The van der Waals surface area contributed by atoms with Crippen LogP contribution in [-0.4, -0.2) is 34.3 Å². The van der Waals surface area contributed by atoms with Gasteiger partial charge in [-0.05, 0) is 27.7 Å². The van der Waals surface area contributed by atoms with Gasteiger partial charge in [-0.1, -0.05) is 0 Å². The van der Waals surface area contributed by atoms with E-state index in [1.807, 2.05) is 0 Å². The van der Waals surface area contributed by atoms with E-state index in [9.17, 15) is 9.59 Å². The first-order valence-electron chi connectivity index (χ1n) is 3.94. The number of hydrogen-bond acceptors (Lipinski definition) is 3. The largest absolute Gasteiger partial charge is 0.480 e. The molecule has 0 fully saturated rings. The van der Waals surface area contributed by atoms with Crippen molar-refractivity contribution in [3.63, 3.8) is 0 Å². The van der Waals surface area contributed by atoms with Crippen LogP contribution in [0.25, 0.3) is 0 Å². The minimum atomic E-state index is -1.09. The lowest BCUT2D eigenvalue weighted by atomic mass is 10.2. The first-order valence-corrected chi connectivity index (χ1v) is 3.94. The van der Waals surface area contributed by atoms with Gasteiger partial charge in [-0.15, -0.1) is 0 Å². The van der Waals surface area contributed by atoms with E-state index >= 15 is 0 Å². The van der Waals surface area contributed by atoms with Gasteiger partial charge in [0, 0.05) is 0 Å². The van der Waals surface area contributed by atoms with Crippen LogP contribution in [0.1, 0.15) is 27.7 Å². The lowest BCUT2D eigenvalue weighted by Gasteiger charge is -2.20. The molecule has 1 atom stereocenters. The molecule has 0 spiro atoms. The Morgan fingerprint density at radius 3 is 2.07 bits per heavy atom. The number of carboxylic acids is 1. The average molecular weight is 207 g/mol. The molecule has 0 aromatic rings. The molecule has 6 nitrogen and oxygen atoms in total. The van der Waals surface area contributed by atoms with Gasteiger partial charge in [0.25, 0.3) is 0 Å². The molecular formula is C8H17NO5. The van der Waals surface area contributed by atoms with Crippen molar-refractivity contribution < 1.29 is 24.9 Å². The van der Waals surface area contributed by atoms with E-state index in [1.54, 1.807) is 20.8 Å². The smallest absolute Gasteiger partial charge is 0.408 e. The van der Waals surface area contributed by atoms with Gasteiger partial charge in [0.15, 0.2) is 0 Å². The van der Waals surface area contributed by atoms with Crippen molar-refractivity contribution >= 4 is 12.1 Å². The van der Waals surface area contributed by atoms with Crippen LogP contribution < -0.4 is 5.32 Å². The predicted octanol–water partition coefficient (Wildman–Crippen LogP) is 0.160. The van der Waals surface area contributed by atoms with Crippen LogP contribution >= 0.6 is 0 Å². The maximum atomic E-state index is 11.0. The Hall–Kier alpha value is -1.30. The summed E-state index contributed by atoms with van der Waals surface area (Å²) in [5.74, 6) is -1.09. The standard InChI is InChI=1S/C8H15NO4.H2O/c1-5(6(10)11)9-7(12)13-8(2,3)4;/h5H,1-4H3,(H,9,12)(H,10,11);1H2/t5-;/m1./s1. The summed E-state index contributed by atoms with van der Waals surface area (Å²) in [6.07, 6.45) is -0.720. The minimum Gasteiger partial charge on any atom is -0.480 e. The summed E-state index contributed by atoms with van der Waals surface area (Å²) < 4.78 is 4.85. The molecule has 6 heteroatoms. The second-order valence-corrected chi connectivity index (χ2v) is 3.71. The van der Waals surface area contributed by atoms with Crippen molar-refractivity contribution in [2.75, 3.05) is 0 Å². The van der Waals surface area contributed by atoms with E-state index in [4.69, 9.17) is 9.84 Å². The summed E-state index contributed by atoms with van der Waals surface area (Å²) in [4.78, 5) is 21.3. The first kappa shape index (κ1) is 15.2. The molecule has 0 aromatic carbocycles. The van der Waals surface area contributed by atoms with Crippen LogP contribution in [0.5, 0.6) is 0 Å². The normalized spacial score (nSPS) is 12.3. The summed E-state index contributed by atoms with van der Waals surface area (Å²) in [6, 6.07) is -0.935. The third-order valence-electron chi connectivity index (χ3n) is 1.10.